The van der Waals surface area contributed by atoms with E-state index in [1.165, 1.54) is 0 Å². The number of hydrogen-bond donors (Lipinski definition) is 0. The van der Waals surface area contributed by atoms with Crippen LogP contribution in [0.5, 0.6) is 0 Å². The topological polar surface area (TPSA) is 67.6 Å². The second kappa shape index (κ2) is 6.63. The zero-order valence-corrected chi connectivity index (χ0v) is 16.2. The van der Waals surface area contributed by atoms with Gasteiger partial charge in [0.05, 0.1) is 29.9 Å². The van der Waals surface area contributed by atoms with Gasteiger partial charge in [-0.2, -0.15) is 5.26 Å². The molecule has 6 heteroatoms. The van der Waals surface area contributed by atoms with E-state index in [0.29, 0.717) is 12.1 Å². The van der Waals surface area contributed by atoms with Crippen molar-refractivity contribution >= 4 is 37.9 Å². The molecular formula is C22H13BrN4O. The number of fused-ring (bicyclic) bond motifs is 2. The summed E-state index contributed by atoms with van der Waals surface area (Å²) in [5.74, 6) is 0.824. The van der Waals surface area contributed by atoms with Crippen LogP contribution in [0.2, 0.25) is 0 Å². The molecule has 5 nitrogen and oxygen atoms in total. The fourth-order valence-corrected chi connectivity index (χ4v) is 3.94. The van der Waals surface area contributed by atoms with Crippen LogP contribution in [0.4, 0.5) is 0 Å². The van der Waals surface area contributed by atoms with Crippen molar-refractivity contribution in [3.8, 4) is 17.5 Å². The van der Waals surface area contributed by atoms with Crippen LogP contribution in [0.15, 0.2) is 76.1 Å². The average molecular weight is 429 g/mol. The van der Waals surface area contributed by atoms with Gasteiger partial charge in [0.2, 0.25) is 0 Å². The van der Waals surface area contributed by atoms with Crippen LogP contribution in [0.3, 0.4) is 0 Å². The quantitative estimate of drug-likeness (QED) is 0.378. The summed E-state index contributed by atoms with van der Waals surface area (Å²) in [5, 5.41) is 10.1. The summed E-state index contributed by atoms with van der Waals surface area (Å²) in [6.45, 7) is 0.591. The highest BCUT2D eigenvalue weighted by Gasteiger charge is 2.18. The lowest BCUT2D eigenvalue weighted by atomic mass is 10.1. The van der Waals surface area contributed by atoms with E-state index in [1.54, 1.807) is 24.5 Å². The summed E-state index contributed by atoms with van der Waals surface area (Å²) in [5.41, 5.74) is 5.28. The number of benzene rings is 2. The summed E-state index contributed by atoms with van der Waals surface area (Å²) in [6.07, 6.45) is 3.53. The molecule has 0 aliphatic rings. The second-order valence-electron chi connectivity index (χ2n) is 6.43. The molecule has 5 aromatic rings. The molecule has 0 atom stereocenters. The first kappa shape index (κ1) is 16.7. The van der Waals surface area contributed by atoms with Gasteiger partial charge in [-0.05, 0) is 52.3 Å². The molecule has 3 aromatic heterocycles. The maximum atomic E-state index is 9.08. The van der Waals surface area contributed by atoms with Gasteiger partial charge in [-0.3, -0.25) is 4.98 Å². The first-order valence-corrected chi connectivity index (χ1v) is 9.50. The smallest absolute Gasteiger partial charge is 0.175 e. The molecule has 0 saturated carbocycles. The standard InChI is InChI=1S/C22H13BrN4O/c23-21-17(16-3-1-2-4-20(16)28-21)13-27-19-9-10-25-12-18(19)26-22(27)15-7-5-14(11-24)6-8-15/h1-10,12H,13H2. The third kappa shape index (κ3) is 2.68. The highest BCUT2D eigenvalue weighted by molar-refractivity contribution is 9.10. The van der Waals surface area contributed by atoms with Crippen LogP contribution in [0.25, 0.3) is 33.4 Å². The highest BCUT2D eigenvalue weighted by atomic mass is 79.9. The van der Waals surface area contributed by atoms with Crippen molar-refractivity contribution in [1.29, 1.82) is 5.26 Å². The molecule has 0 spiro atoms. The molecule has 0 fully saturated rings. The minimum absolute atomic E-state index is 0.591. The van der Waals surface area contributed by atoms with Crippen LogP contribution >= 0.6 is 15.9 Å². The summed E-state index contributed by atoms with van der Waals surface area (Å²) in [4.78, 5) is 9.01. The molecule has 0 saturated heterocycles. The Bertz CT molecular complexity index is 1360. The summed E-state index contributed by atoms with van der Waals surface area (Å²) >= 11 is 3.57. The summed E-state index contributed by atoms with van der Waals surface area (Å²) in [6, 6.07) is 19.6. The van der Waals surface area contributed by atoms with Crippen molar-refractivity contribution < 1.29 is 4.42 Å². The van der Waals surface area contributed by atoms with E-state index in [0.717, 1.165) is 43.6 Å². The number of halogens is 1. The molecule has 5 rings (SSSR count). The molecule has 0 amide bonds. The Kier molecular flexibility index (Phi) is 3.96. The van der Waals surface area contributed by atoms with E-state index in [9.17, 15) is 0 Å². The van der Waals surface area contributed by atoms with Crippen molar-refractivity contribution in [3.63, 3.8) is 0 Å². The number of hydrogen-bond acceptors (Lipinski definition) is 4. The van der Waals surface area contributed by atoms with Gasteiger partial charge in [0.1, 0.15) is 16.9 Å². The Morgan fingerprint density at radius 3 is 2.71 bits per heavy atom. The third-order valence-corrected chi connectivity index (χ3v) is 5.43. The number of rotatable bonds is 3. The van der Waals surface area contributed by atoms with Crippen molar-refractivity contribution in [1.82, 2.24) is 14.5 Å². The molecule has 0 aliphatic heterocycles. The Morgan fingerprint density at radius 2 is 1.89 bits per heavy atom. The van der Waals surface area contributed by atoms with Crippen LogP contribution in [-0.4, -0.2) is 14.5 Å². The molecular weight excluding hydrogens is 416 g/mol. The molecule has 0 aliphatic carbocycles. The Hall–Kier alpha value is -3.43. The van der Waals surface area contributed by atoms with Crippen LogP contribution in [0.1, 0.15) is 11.1 Å². The number of imidazole rings is 1. The van der Waals surface area contributed by atoms with E-state index < -0.39 is 0 Å². The van der Waals surface area contributed by atoms with Gasteiger partial charge in [0.15, 0.2) is 4.67 Å². The van der Waals surface area contributed by atoms with Crippen LogP contribution < -0.4 is 0 Å². The van der Waals surface area contributed by atoms with Crippen molar-refractivity contribution in [2.75, 3.05) is 0 Å². The molecule has 0 radical (unpaired) electrons. The fraction of sp³-hybridized carbons (Fsp3) is 0.0455. The van der Waals surface area contributed by atoms with Crippen molar-refractivity contribution in [3.05, 3.63) is 82.8 Å². The first-order chi connectivity index (χ1) is 13.7. The molecule has 28 heavy (non-hydrogen) atoms. The molecule has 0 bridgehead atoms. The number of aromatic nitrogens is 3. The van der Waals surface area contributed by atoms with Gasteiger partial charge in [0.25, 0.3) is 0 Å². The molecule has 2 aromatic carbocycles. The number of nitrogens with zero attached hydrogens (tertiary/aromatic N) is 4. The second-order valence-corrected chi connectivity index (χ2v) is 7.15. The van der Waals surface area contributed by atoms with Gasteiger partial charge in [-0.1, -0.05) is 18.2 Å². The van der Waals surface area contributed by atoms with Crippen molar-refractivity contribution in [2.24, 2.45) is 0 Å². The normalized spacial score (nSPS) is 11.1. The minimum atomic E-state index is 0.591. The Balaban J connectivity index is 1.71. The monoisotopic (exact) mass is 428 g/mol. The van der Waals surface area contributed by atoms with Crippen LogP contribution in [0, 0.1) is 11.3 Å². The van der Waals surface area contributed by atoms with E-state index >= 15 is 0 Å². The lowest BCUT2D eigenvalue weighted by Gasteiger charge is -2.09. The minimum Gasteiger partial charge on any atom is -0.449 e. The predicted octanol–water partition coefficient (Wildman–Crippen LogP) is 5.53. The predicted molar refractivity (Wildman–Crippen MR) is 111 cm³/mol. The highest BCUT2D eigenvalue weighted by Crippen LogP contribution is 2.33. The molecule has 0 unspecified atom stereocenters. The van der Waals surface area contributed by atoms with Crippen molar-refractivity contribution in [2.45, 2.75) is 6.54 Å². The number of furan rings is 1. The van der Waals surface area contributed by atoms with Gasteiger partial charge in [0, 0.05) is 22.7 Å². The van der Waals surface area contributed by atoms with E-state index in [2.05, 4.69) is 37.6 Å². The Labute approximate surface area is 169 Å². The maximum absolute atomic E-state index is 9.08. The maximum Gasteiger partial charge on any atom is 0.175 e. The summed E-state index contributed by atoms with van der Waals surface area (Å²) in [7, 11) is 0. The Morgan fingerprint density at radius 1 is 1.07 bits per heavy atom. The van der Waals surface area contributed by atoms with E-state index in [4.69, 9.17) is 14.7 Å². The van der Waals surface area contributed by atoms with Crippen LogP contribution in [-0.2, 0) is 6.54 Å². The van der Waals surface area contributed by atoms with E-state index in [-0.39, 0.29) is 0 Å². The van der Waals surface area contributed by atoms with Gasteiger partial charge < -0.3 is 8.98 Å². The zero-order chi connectivity index (χ0) is 19.1. The molecule has 134 valence electrons. The lowest BCUT2D eigenvalue weighted by molar-refractivity contribution is 0.578. The van der Waals surface area contributed by atoms with E-state index in [1.807, 2.05) is 36.4 Å². The fourth-order valence-electron chi connectivity index (χ4n) is 3.43. The van der Waals surface area contributed by atoms with Gasteiger partial charge in [-0.25, -0.2) is 4.98 Å². The SMILES string of the molecule is N#Cc1ccc(-c2nc3cnccc3n2Cc2c(Br)oc3ccccc23)cc1. The average Bonchev–Trinajstić information content (AvgIpc) is 3.26. The largest absolute Gasteiger partial charge is 0.449 e. The lowest BCUT2D eigenvalue weighted by Crippen LogP contribution is -2.02. The third-order valence-electron chi connectivity index (χ3n) is 4.79. The zero-order valence-electron chi connectivity index (χ0n) is 14.6. The molecule has 0 N–H and O–H groups in total. The van der Waals surface area contributed by atoms with Gasteiger partial charge >= 0.3 is 0 Å². The number of pyridine rings is 1. The number of para-hydroxylation sites is 1. The molecule has 3 heterocycles. The summed E-state index contributed by atoms with van der Waals surface area (Å²) < 4.78 is 8.74. The first-order valence-electron chi connectivity index (χ1n) is 8.71. The van der Waals surface area contributed by atoms with Gasteiger partial charge in [-0.15, -0.1) is 0 Å². The number of nitriles is 1.